The second-order valence-corrected chi connectivity index (χ2v) is 4.19. The monoisotopic (exact) mass is 221 g/mol. The number of Topliss-reactive ketones (excluding diaryl/α,β-unsaturated/α-hetero) is 1. The van der Waals surface area contributed by atoms with Gasteiger partial charge >= 0.3 is 0 Å². The number of methoxy groups -OCH3 is 1. The molecule has 0 radical (unpaired) electrons. The van der Waals surface area contributed by atoms with Crippen molar-refractivity contribution < 1.29 is 9.53 Å². The van der Waals surface area contributed by atoms with Crippen molar-refractivity contribution in [2.45, 2.75) is 20.8 Å². The number of hydrogen-bond donors (Lipinski definition) is 0. The van der Waals surface area contributed by atoms with Crippen LogP contribution in [-0.4, -0.2) is 26.5 Å². The molecule has 3 heteroatoms. The van der Waals surface area contributed by atoms with Crippen LogP contribution < -0.4 is 9.64 Å². The van der Waals surface area contributed by atoms with Crippen LogP contribution in [0, 0.1) is 13.8 Å². The van der Waals surface area contributed by atoms with E-state index >= 15 is 0 Å². The highest BCUT2D eigenvalue weighted by atomic mass is 16.5. The first-order valence-electron chi connectivity index (χ1n) is 5.31. The van der Waals surface area contributed by atoms with Gasteiger partial charge in [-0.25, -0.2) is 0 Å². The zero-order chi connectivity index (χ0) is 12.3. The maximum absolute atomic E-state index is 11.1. The van der Waals surface area contributed by atoms with Crippen LogP contribution in [0.1, 0.15) is 18.1 Å². The fourth-order valence-electron chi connectivity index (χ4n) is 1.98. The van der Waals surface area contributed by atoms with Crippen molar-refractivity contribution in [1.82, 2.24) is 0 Å². The molecule has 0 aromatic heterocycles. The van der Waals surface area contributed by atoms with Gasteiger partial charge in [0.25, 0.3) is 0 Å². The molecule has 1 aromatic rings. The summed E-state index contributed by atoms with van der Waals surface area (Å²) in [5.74, 6) is 0.964. The number of aryl methyl sites for hydroxylation is 2. The first kappa shape index (κ1) is 12.6. The van der Waals surface area contributed by atoms with Crippen molar-refractivity contribution >= 4 is 11.5 Å². The minimum absolute atomic E-state index is 0.143. The second kappa shape index (κ2) is 5.01. The van der Waals surface area contributed by atoms with Crippen molar-refractivity contribution in [3.05, 3.63) is 23.3 Å². The standard InChI is InChI=1S/C13H19NO2/c1-9-6-10(2)13(12(7-9)16-5)14(4)8-11(3)15/h6-7H,8H2,1-5H3. The number of hydrogen-bond acceptors (Lipinski definition) is 3. The molecule has 1 aromatic carbocycles. The molecule has 16 heavy (non-hydrogen) atoms. The highest BCUT2D eigenvalue weighted by molar-refractivity contribution is 5.82. The smallest absolute Gasteiger partial charge is 0.149 e. The summed E-state index contributed by atoms with van der Waals surface area (Å²) in [5.41, 5.74) is 3.28. The lowest BCUT2D eigenvalue weighted by Gasteiger charge is -2.23. The van der Waals surface area contributed by atoms with E-state index in [0.29, 0.717) is 6.54 Å². The topological polar surface area (TPSA) is 29.5 Å². The molecule has 0 N–H and O–H groups in total. The molecule has 0 saturated heterocycles. The average molecular weight is 221 g/mol. The highest BCUT2D eigenvalue weighted by Crippen LogP contribution is 2.32. The van der Waals surface area contributed by atoms with E-state index in [1.807, 2.05) is 31.9 Å². The largest absolute Gasteiger partial charge is 0.495 e. The Kier molecular flexibility index (Phi) is 3.93. The van der Waals surface area contributed by atoms with Crippen LogP contribution in [0.2, 0.25) is 0 Å². The van der Waals surface area contributed by atoms with Crippen LogP contribution in [0.15, 0.2) is 12.1 Å². The van der Waals surface area contributed by atoms with Gasteiger partial charge in [0.15, 0.2) is 0 Å². The van der Waals surface area contributed by atoms with Crippen molar-refractivity contribution in [2.75, 3.05) is 25.6 Å². The van der Waals surface area contributed by atoms with Crippen LogP contribution >= 0.6 is 0 Å². The molecular formula is C13H19NO2. The van der Waals surface area contributed by atoms with Crippen molar-refractivity contribution in [1.29, 1.82) is 0 Å². The van der Waals surface area contributed by atoms with Crippen LogP contribution in [0.3, 0.4) is 0 Å². The Morgan fingerprint density at radius 3 is 2.50 bits per heavy atom. The normalized spacial score (nSPS) is 10.1. The number of anilines is 1. The molecule has 1 rings (SSSR count). The van der Waals surface area contributed by atoms with Crippen LogP contribution in [0.4, 0.5) is 5.69 Å². The molecule has 0 unspecified atom stereocenters. The first-order valence-corrected chi connectivity index (χ1v) is 5.31. The Hall–Kier alpha value is -1.51. The number of carbonyl (C=O) groups excluding carboxylic acids is 1. The van der Waals surface area contributed by atoms with E-state index in [2.05, 4.69) is 6.07 Å². The summed E-state index contributed by atoms with van der Waals surface area (Å²) in [6, 6.07) is 4.08. The Balaban J connectivity index is 3.15. The second-order valence-electron chi connectivity index (χ2n) is 4.19. The van der Waals surface area contributed by atoms with E-state index in [0.717, 1.165) is 22.6 Å². The molecule has 0 spiro atoms. The van der Waals surface area contributed by atoms with Gasteiger partial charge in [0.1, 0.15) is 11.5 Å². The molecule has 0 aliphatic rings. The molecule has 88 valence electrons. The molecule has 0 aliphatic carbocycles. The van der Waals surface area contributed by atoms with Gasteiger partial charge in [-0.2, -0.15) is 0 Å². The summed E-state index contributed by atoms with van der Waals surface area (Å²) in [7, 11) is 3.56. The van der Waals surface area contributed by atoms with E-state index in [1.54, 1.807) is 14.0 Å². The van der Waals surface area contributed by atoms with Gasteiger partial charge in [0.2, 0.25) is 0 Å². The van der Waals surface area contributed by atoms with Gasteiger partial charge in [-0.1, -0.05) is 6.07 Å². The fraction of sp³-hybridized carbons (Fsp3) is 0.462. The zero-order valence-electron chi connectivity index (χ0n) is 10.6. The number of nitrogens with zero attached hydrogens (tertiary/aromatic N) is 1. The maximum Gasteiger partial charge on any atom is 0.149 e. The summed E-state index contributed by atoms with van der Waals surface area (Å²) >= 11 is 0. The van der Waals surface area contributed by atoms with Crippen LogP contribution in [0.25, 0.3) is 0 Å². The number of ketones is 1. The van der Waals surface area contributed by atoms with E-state index in [4.69, 9.17) is 4.74 Å². The predicted octanol–water partition coefficient (Wildman–Crippen LogP) is 2.34. The Bertz CT molecular complexity index is 399. The molecule has 3 nitrogen and oxygen atoms in total. The van der Waals surface area contributed by atoms with Crippen molar-refractivity contribution in [3.8, 4) is 5.75 Å². The summed E-state index contributed by atoms with van der Waals surface area (Å²) in [5, 5.41) is 0. The molecule has 0 fully saturated rings. The van der Waals surface area contributed by atoms with E-state index < -0.39 is 0 Å². The average Bonchev–Trinajstić information content (AvgIpc) is 2.14. The van der Waals surface area contributed by atoms with Gasteiger partial charge in [-0.3, -0.25) is 4.79 Å². The van der Waals surface area contributed by atoms with Gasteiger partial charge < -0.3 is 9.64 Å². The number of ether oxygens (including phenoxy) is 1. The fourth-order valence-corrected chi connectivity index (χ4v) is 1.98. The Labute approximate surface area is 97.0 Å². The Morgan fingerprint density at radius 2 is 2.00 bits per heavy atom. The third-order valence-corrected chi connectivity index (χ3v) is 2.47. The molecule has 0 saturated carbocycles. The molecule has 0 aliphatic heterocycles. The SMILES string of the molecule is COc1cc(C)cc(C)c1N(C)CC(C)=O. The summed E-state index contributed by atoms with van der Waals surface area (Å²) in [6.07, 6.45) is 0. The number of benzene rings is 1. The lowest BCUT2D eigenvalue weighted by Crippen LogP contribution is -2.25. The van der Waals surface area contributed by atoms with Gasteiger partial charge in [0, 0.05) is 7.05 Å². The predicted molar refractivity (Wildman–Crippen MR) is 66.4 cm³/mol. The molecule has 0 amide bonds. The minimum atomic E-state index is 0.143. The van der Waals surface area contributed by atoms with Gasteiger partial charge in [-0.15, -0.1) is 0 Å². The minimum Gasteiger partial charge on any atom is -0.495 e. The quantitative estimate of drug-likeness (QED) is 0.781. The summed E-state index contributed by atoms with van der Waals surface area (Å²) in [4.78, 5) is 13.0. The van der Waals surface area contributed by atoms with Crippen molar-refractivity contribution in [2.24, 2.45) is 0 Å². The highest BCUT2D eigenvalue weighted by Gasteiger charge is 2.13. The lowest BCUT2D eigenvalue weighted by atomic mass is 10.1. The lowest BCUT2D eigenvalue weighted by molar-refractivity contribution is -0.115. The molecule has 0 bridgehead atoms. The van der Waals surface area contributed by atoms with Gasteiger partial charge in [-0.05, 0) is 38.0 Å². The van der Waals surface area contributed by atoms with Crippen LogP contribution in [0.5, 0.6) is 5.75 Å². The van der Waals surface area contributed by atoms with Crippen LogP contribution in [-0.2, 0) is 4.79 Å². The number of rotatable bonds is 4. The van der Waals surface area contributed by atoms with Gasteiger partial charge in [0.05, 0.1) is 19.3 Å². The number of likely N-dealkylation sites (N-methyl/N-ethyl adjacent to an activating group) is 1. The summed E-state index contributed by atoms with van der Waals surface area (Å²) in [6.45, 7) is 6.05. The third kappa shape index (κ3) is 2.75. The zero-order valence-corrected chi connectivity index (χ0v) is 10.6. The van der Waals surface area contributed by atoms with E-state index in [1.165, 1.54) is 0 Å². The third-order valence-electron chi connectivity index (χ3n) is 2.47. The van der Waals surface area contributed by atoms with E-state index in [-0.39, 0.29) is 5.78 Å². The maximum atomic E-state index is 11.1. The molecule has 0 heterocycles. The van der Waals surface area contributed by atoms with E-state index in [9.17, 15) is 4.79 Å². The number of carbonyl (C=O) groups is 1. The summed E-state index contributed by atoms with van der Waals surface area (Å²) < 4.78 is 5.36. The Morgan fingerprint density at radius 1 is 1.38 bits per heavy atom. The first-order chi connectivity index (χ1) is 7.45. The van der Waals surface area contributed by atoms with Crippen molar-refractivity contribution in [3.63, 3.8) is 0 Å². The molecule has 0 atom stereocenters. The molecular weight excluding hydrogens is 202 g/mol.